The van der Waals surface area contributed by atoms with Crippen LogP contribution >= 0.6 is 0 Å². The average Bonchev–Trinajstić information content (AvgIpc) is 3.37. The predicted octanol–water partition coefficient (Wildman–Crippen LogP) is 7.58. The van der Waals surface area contributed by atoms with E-state index in [9.17, 15) is 5.11 Å². The molecule has 1 aliphatic heterocycles. The zero-order valence-corrected chi connectivity index (χ0v) is 26.5. The smallest absolute Gasteiger partial charge is 0.309 e. The molecule has 2 heterocycles. The summed E-state index contributed by atoms with van der Waals surface area (Å²) >= 11 is 0. The quantitative estimate of drug-likeness (QED) is 0.203. The highest BCUT2D eigenvalue weighted by atomic mass is 16.5. The van der Waals surface area contributed by atoms with Gasteiger partial charge in [0.1, 0.15) is 0 Å². The monoisotopic (exact) mass is 591 g/mol. The van der Waals surface area contributed by atoms with Gasteiger partial charge in [0.05, 0.1) is 34.0 Å². The van der Waals surface area contributed by atoms with Crippen LogP contribution < -0.4 is 5.46 Å². The molecule has 0 saturated heterocycles. The standard InChI is InChI=1S/C39H38BN3O2/c1-38(2,44)39(3,4)45-40-29-22-23-31-30-18-10-12-21-34(30)43(35(31)25-29)37-41-33-20-11-9-19-32(33)36(42(37)5)28-17-13-16-27(24-28)26-14-7-6-8-15-26/h6-25,36,40,44H,1-5H3. The first-order valence-electron chi connectivity index (χ1n) is 15.6. The molecule has 6 heteroatoms. The van der Waals surface area contributed by atoms with Crippen molar-refractivity contribution in [3.05, 3.63) is 132 Å². The maximum absolute atomic E-state index is 10.7. The average molecular weight is 592 g/mol. The Balaban J connectivity index is 1.37. The number of aliphatic hydroxyl groups is 1. The number of aromatic nitrogens is 1. The van der Waals surface area contributed by atoms with Crippen LogP contribution in [0.3, 0.4) is 0 Å². The van der Waals surface area contributed by atoms with Gasteiger partial charge in [0.15, 0.2) is 0 Å². The second-order valence-electron chi connectivity index (χ2n) is 13.0. The van der Waals surface area contributed by atoms with Gasteiger partial charge in [-0.15, -0.1) is 0 Å². The van der Waals surface area contributed by atoms with E-state index in [1.54, 1.807) is 13.8 Å². The number of hydrogen-bond acceptors (Lipinski definition) is 4. The van der Waals surface area contributed by atoms with Crippen LogP contribution in [0, 0.1) is 0 Å². The van der Waals surface area contributed by atoms with Gasteiger partial charge in [-0.2, -0.15) is 0 Å². The highest BCUT2D eigenvalue weighted by molar-refractivity contribution is 6.47. The fraction of sp³-hybridized carbons (Fsp3) is 0.205. The van der Waals surface area contributed by atoms with Crippen LogP contribution in [0.1, 0.15) is 44.9 Å². The van der Waals surface area contributed by atoms with Crippen molar-refractivity contribution >= 4 is 46.4 Å². The van der Waals surface area contributed by atoms with Crippen molar-refractivity contribution in [2.24, 2.45) is 4.99 Å². The molecule has 0 aliphatic carbocycles. The molecular weight excluding hydrogens is 553 g/mol. The maximum atomic E-state index is 10.7. The summed E-state index contributed by atoms with van der Waals surface area (Å²) in [4.78, 5) is 7.62. The third kappa shape index (κ3) is 5.14. The van der Waals surface area contributed by atoms with E-state index in [0.29, 0.717) is 7.48 Å². The molecule has 7 rings (SSSR count). The SMILES string of the molecule is CN1C(n2c3ccccc3c3ccc(BOC(C)(C)C(C)(C)O)cc32)=Nc2ccccc2C1c1cccc(-c2ccccc2)c1. The number of benzene rings is 5. The normalized spacial score (nSPS) is 15.3. The molecule has 1 aliphatic rings. The van der Waals surface area contributed by atoms with Crippen LogP contribution in [-0.4, -0.2) is 46.3 Å². The minimum absolute atomic E-state index is 0.0346. The Morgan fingerprint density at radius 2 is 1.40 bits per heavy atom. The molecule has 6 aromatic rings. The van der Waals surface area contributed by atoms with Gasteiger partial charge in [0, 0.05) is 23.4 Å². The molecule has 0 saturated carbocycles. The second kappa shape index (κ2) is 11.1. The lowest BCUT2D eigenvalue weighted by atomic mass is 9.82. The van der Waals surface area contributed by atoms with E-state index in [0.717, 1.165) is 33.5 Å². The van der Waals surface area contributed by atoms with Crippen molar-refractivity contribution in [1.82, 2.24) is 9.47 Å². The Morgan fingerprint density at radius 3 is 2.20 bits per heavy atom. The van der Waals surface area contributed by atoms with Crippen molar-refractivity contribution in [3.63, 3.8) is 0 Å². The van der Waals surface area contributed by atoms with Crippen LogP contribution in [0.5, 0.6) is 0 Å². The molecular formula is C39H38BN3O2. The van der Waals surface area contributed by atoms with Crippen LogP contribution in [0.15, 0.2) is 126 Å². The van der Waals surface area contributed by atoms with Crippen molar-refractivity contribution in [2.75, 3.05) is 7.05 Å². The van der Waals surface area contributed by atoms with E-state index in [2.05, 4.69) is 138 Å². The number of rotatable bonds is 6. The van der Waals surface area contributed by atoms with Gasteiger partial charge < -0.3 is 14.7 Å². The fourth-order valence-corrected chi connectivity index (χ4v) is 6.22. The van der Waals surface area contributed by atoms with Crippen molar-refractivity contribution < 1.29 is 9.76 Å². The molecule has 5 aromatic carbocycles. The molecule has 5 nitrogen and oxygen atoms in total. The molecule has 1 aromatic heterocycles. The van der Waals surface area contributed by atoms with Crippen LogP contribution in [0.2, 0.25) is 0 Å². The molecule has 224 valence electrons. The van der Waals surface area contributed by atoms with E-state index < -0.39 is 11.2 Å². The third-order valence-corrected chi connectivity index (χ3v) is 9.48. The van der Waals surface area contributed by atoms with Crippen molar-refractivity contribution in [2.45, 2.75) is 44.9 Å². The summed E-state index contributed by atoms with van der Waals surface area (Å²) < 4.78 is 8.57. The molecule has 1 unspecified atom stereocenters. The molecule has 0 fully saturated rings. The van der Waals surface area contributed by atoms with E-state index in [1.807, 2.05) is 13.8 Å². The Kier molecular flexibility index (Phi) is 7.15. The minimum atomic E-state index is -0.980. The minimum Gasteiger partial charge on any atom is -0.427 e. The number of aliphatic imine (C=N–C) groups is 1. The molecule has 1 atom stereocenters. The topological polar surface area (TPSA) is 50.0 Å². The Morgan fingerprint density at radius 1 is 0.711 bits per heavy atom. The first-order chi connectivity index (χ1) is 21.6. The van der Waals surface area contributed by atoms with Crippen LogP contribution in [0.4, 0.5) is 5.69 Å². The zero-order chi connectivity index (χ0) is 31.3. The van der Waals surface area contributed by atoms with Gasteiger partial charge in [0.2, 0.25) is 5.96 Å². The number of para-hydroxylation sites is 2. The largest absolute Gasteiger partial charge is 0.427 e. The fourth-order valence-electron chi connectivity index (χ4n) is 6.22. The van der Waals surface area contributed by atoms with Gasteiger partial charge in [0.25, 0.3) is 0 Å². The van der Waals surface area contributed by atoms with Crippen molar-refractivity contribution in [3.8, 4) is 11.1 Å². The third-order valence-electron chi connectivity index (χ3n) is 9.48. The second-order valence-corrected chi connectivity index (χ2v) is 13.0. The molecule has 0 spiro atoms. The molecule has 0 bridgehead atoms. The first kappa shape index (κ1) is 29.1. The lowest BCUT2D eigenvalue weighted by Gasteiger charge is -2.37. The Labute approximate surface area is 265 Å². The van der Waals surface area contributed by atoms with Gasteiger partial charge in [-0.1, -0.05) is 103 Å². The Hall–Kier alpha value is -4.65. The molecule has 0 amide bonds. The first-order valence-corrected chi connectivity index (χ1v) is 15.6. The number of hydrogen-bond donors (Lipinski definition) is 1. The van der Waals surface area contributed by atoms with Crippen LogP contribution in [-0.2, 0) is 4.65 Å². The summed E-state index contributed by atoms with van der Waals surface area (Å²) in [6.07, 6.45) is 0. The summed E-state index contributed by atoms with van der Waals surface area (Å²) in [7, 11) is 2.53. The van der Waals surface area contributed by atoms with E-state index >= 15 is 0 Å². The lowest BCUT2D eigenvalue weighted by molar-refractivity contribution is -0.0893. The maximum Gasteiger partial charge on any atom is 0.309 e. The zero-order valence-electron chi connectivity index (χ0n) is 26.5. The highest BCUT2D eigenvalue weighted by Crippen LogP contribution is 2.41. The summed E-state index contributed by atoms with van der Waals surface area (Å²) in [5.74, 6) is 0.866. The Bertz CT molecular complexity index is 2060. The van der Waals surface area contributed by atoms with Gasteiger partial charge >= 0.3 is 7.48 Å². The number of fused-ring (bicyclic) bond motifs is 4. The lowest BCUT2D eigenvalue weighted by Crippen LogP contribution is -2.49. The van der Waals surface area contributed by atoms with Gasteiger partial charge in [-0.25, -0.2) is 4.99 Å². The van der Waals surface area contributed by atoms with Gasteiger partial charge in [-0.05, 0) is 68.7 Å². The number of nitrogens with zero attached hydrogens (tertiary/aromatic N) is 3. The summed E-state index contributed by atoms with van der Waals surface area (Å²) in [5, 5.41) is 13.0. The van der Waals surface area contributed by atoms with E-state index in [4.69, 9.17) is 9.65 Å². The molecule has 45 heavy (non-hydrogen) atoms. The summed E-state index contributed by atoms with van der Waals surface area (Å²) in [5.41, 5.74) is 7.26. The molecule has 0 radical (unpaired) electrons. The summed E-state index contributed by atoms with van der Waals surface area (Å²) in [6, 6.07) is 42.9. The van der Waals surface area contributed by atoms with Crippen LogP contribution in [0.25, 0.3) is 32.9 Å². The summed E-state index contributed by atoms with van der Waals surface area (Å²) in [6.45, 7) is 7.43. The van der Waals surface area contributed by atoms with E-state index in [-0.39, 0.29) is 6.04 Å². The van der Waals surface area contributed by atoms with E-state index in [1.165, 1.54) is 27.6 Å². The van der Waals surface area contributed by atoms with Gasteiger partial charge in [-0.3, -0.25) is 4.57 Å². The molecule has 1 N–H and O–H groups in total. The predicted molar refractivity (Wildman–Crippen MR) is 188 cm³/mol. The van der Waals surface area contributed by atoms with Crippen molar-refractivity contribution in [1.29, 1.82) is 0 Å². The highest BCUT2D eigenvalue weighted by Gasteiger charge is 2.36.